The number of rotatable bonds is 4. The van der Waals surface area contributed by atoms with E-state index in [4.69, 9.17) is 5.73 Å². The minimum Gasteiger partial charge on any atom is -0.352 e. The van der Waals surface area contributed by atoms with Crippen LogP contribution in [0.5, 0.6) is 0 Å². The van der Waals surface area contributed by atoms with E-state index >= 15 is 0 Å². The van der Waals surface area contributed by atoms with E-state index < -0.39 is 5.54 Å². The van der Waals surface area contributed by atoms with E-state index in [1.807, 2.05) is 31.2 Å². The zero-order valence-corrected chi connectivity index (χ0v) is 14.3. The normalized spacial score (nSPS) is 16.3. The van der Waals surface area contributed by atoms with Crippen LogP contribution in [0.4, 0.5) is 0 Å². The molecule has 5 nitrogen and oxygen atoms in total. The van der Waals surface area contributed by atoms with Gasteiger partial charge in [0, 0.05) is 25.6 Å². The molecule has 1 aliphatic heterocycles. The Bertz CT molecular complexity index is 553. The highest BCUT2D eigenvalue weighted by Gasteiger charge is 2.32. The number of nitrogens with one attached hydrogen (secondary N) is 1. The van der Waals surface area contributed by atoms with Crippen molar-refractivity contribution in [3.63, 3.8) is 0 Å². The summed E-state index contributed by atoms with van der Waals surface area (Å²) in [4.78, 5) is 26.2. The summed E-state index contributed by atoms with van der Waals surface area (Å²) in [6.07, 6.45) is 1.39. The largest absolute Gasteiger partial charge is 0.352 e. The smallest absolute Gasteiger partial charge is 0.242 e. The van der Waals surface area contributed by atoms with Gasteiger partial charge < -0.3 is 16.0 Å². The number of hydrogen-bond donors (Lipinski definition) is 2. The molecule has 5 heteroatoms. The summed E-state index contributed by atoms with van der Waals surface area (Å²) >= 11 is 0. The molecule has 0 aromatic heterocycles. The predicted molar refractivity (Wildman–Crippen MR) is 90.6 cm³/mol. The molecule has 0 bridgehead atoms. The Morgan fingerprint density at radius 3 is 2.30 bits per heavy atom. The maximum absolute atomic E-state index is 12.3. The highest BCUT2D eigenvalue weighted by atomic mass is 16.2. The van der Waals surface area contributed by atoms with Gasteiger partial charge in [0.15, 0.2) is 0 Å². The monoisotopic (exact) mass is 317 g/mol. The van der Waals surface area contributed by atoms with E-state index in [2.05, 4.69) is 5.32 Å². The van der Waals surface area contributed by atoms with Crippen LogP contribution in [0.3, 0.4) is 0 Å². The van der Waals surface area contributed by atoms with Crippen molar-refractivity contribution in [3.8, 4) is 0 Å². The van der Waals surface area contributed by atoms with Crippen LogP contribution >= 0.6 is 0 Å². The predicted octanol–water partition coefficient (Wildman–Crippen LogP) is 1.59. The maximum Gasteiger partial charge on any atom is 0.242 e. The molecule has 1 aliphatic rings. The lowest BCUT2D eigenvalue weighted by Gasteiger charge is -2.35. The molecule has 1 saturated heterocycles. The van der Waals surface area contributed by atoms with E-state index in [1.165, 1.54) is 5.56 Å². The summed E-state index contributed by atoms with van der Waals surface area (Å²) in [5.41, 5.74) is 7.32. The first-order chi connectivity index (χ1) is 10.8. The second-order valence-corrected chi connectivity index (χ2v) is 6.99. The van der Waals surface area contributed by atoms with Crippen molar-refractivity contribution >= 4 is 11.8 Å². The first kappa shape index (κ1) is 17.5. The standard InChI is InChI=1S/C18H27N3O2/c1-13-4-6-14(7-5-13)12-20-16(22)15-8-10-21(11-9-15)17(23)18(2,3)19/h4-7,15H,8-12,19H2,1-3H3,(H,20,22). The first-order valence-corrected chi connectivity index (χ1v) is 8.19. The summed E-state index contributed by atoms with van der Waals surface area (Å²) in [6.45, 7) is 7.23. The summed E-state index contributed by atoms with van der Waals surface area (Å²) in [6, 6.07) is 8.14. The van der Waals surface area contributed by atoms with Crippen molar-refractivity contribution in [2.24, 2.45) is 11.7 Å². The molecule has 0 atom stereocenters. The molecule has 1 fully saturated rings. The van der Waals surface area contributed by atoms with Crippen molar-refractivity contribution in [1.82, 2.24) is 10.2 Å². The first-order valence-electron chi connectivity index (χ1n) is 8.19. The number of carbonyl (C=O) groups excluding carboxylic acids is 2. The zero-order valence-electron chi connectivity index (χ0n) is 14.3. The molecule has 3 N–H and O–H groups in total. The summed E-state index contributed by atoms with van der Waals surface area (Å²) < 4.78 is 0. The molecule has 23 heavy (non-hydrogen) atoms. The van der Waals surface area contributed by atoms with Gasteiger partial charge in [-0.2, -0.15) is 0 Å². The van der Waals surface area contributed by atoms with Gasteiger partial charge in [-0.1, -0.05) is 29.8 Å². The Hall–Kier alpha value is -1.88. The molecule has 1 heterocycles. The van der Waals surface area contributed by atoms with Gasteiger partial charge in [-0.3, -0.25) is 9.59 Å². The number of aryl methyl sites for hydroxylation is 1. The maximum atomic E-state index is 12.3. The number of nitrogens with zero attached hydrogens (tertiary/aromatic N) is 1. The second-order valence-electron chi connectivity index (χ2n) is 6.99. The van der Waals surface area contributed by atoms with Gasteiger partial charge in [-0.25, -0.2) is 0 Å². The third kappa shape index (κ3) is 4.79. The Kier molecular flexibility index (Phi) is 5.42. The molecule has 1 aromatic carbocycles. The average molecular weight is 317 g/mol. The molecule has 0 aliphatic carbocycles. The lowest BCUT2D eigenvalue weighted by Crippen LogP contribution is -2.54. The number of piperidine rings is 1. The van der Waals surface area contributed by atoms with Gasteiger partial charge in [-0.05, 0) is 39.2 Å². The van der Waals surface area contributed by atoms with Gasteiger partial charge in [-0.15, -0.1) is 0 Å². The van der Waals surface area contributed by atoms with E-state index in [0.29, 0.717) is 32.5 Å². The molecule has 0 spiro atoms. The van der Waals surface area contributed by atoms with Crippen molar-refractivity contribution in [3.05, 3.63) is 35.4 Å². The molecule has 1 aromatic rings. The summed E-state index contributed by atoms with van der Waals surface area (Å²) in [5.74, 6) is 0.00563. The summed E-state index contributed by atoms with van der Waals surface area (Å²) in [5, 5.41) is 3.00. The second kappa shape index (κ2) is 7.13. The molecule has 2 rings (SSSR count). The fourth-order valence-electron chi connectivity index (χ4n) is 2.79. The van der Waals surface area contributed by atoms with Crippen LogP contribution in [0, 0.1) is 12.8 Å². The number of hydrogen-bond acceptors (Lipinski definition) is 3. The minimum atomic E-state index is -0.847. The minimum absolute atomic E-state index is 0.0228. The van der Waals surface area contributed by atoms with Crippen LogP contribution in [-0.4, -0.2) is 35.3 Å². The number of nitrogens with two attached hydrogens (primary N) is 1. The SMILES string of the molecule is Cc1ccc(CNC(=O)C2CCN(C(=O)C(C)(C)N)CC2)cc1. The van der Waals surface area contributed by atoms with E-state index in [-0.39, 0.29) is 17.7 Å². The van der Waals surface area contributed by atoms with Gasteiger partial charge in [0.1, 0.15) is 0 Å². The summed E-state index contributed by atoms with van der Waals surface area (Å²) in [7, 11) is 0. The van der Waals surface area contributed by atoms with Crippen LogP contribution in [0.2, 0.25) is 0 Å². The molecule has 2 amide bonds. The number of amides is 2. The van der Waals surface area contributed by atoms with Crippen molar-refractivity contribution in [2.45, 2.75) is 45.7 Å². The fraction of sp³-hybridized carbons (Fsp3) is 0.556. The van der Waals surface area contributed by atoms with E-state index in [9.17, 15) is 9.59 Å². The van der Waals surface area contributed by atoms with Crippen molar-refractivity contribution in [1.29, 1.82) is 0 Å². The Morgan fingerprint density at radius 2 is 1.78 bits per heavy atom. The number of likely N-dealkylation sites (tertiary alicyclic amines) is 1. The molecular formula is C18H27N3O2. The third-order valence-corrected chi connectivity index (χ3v) is 4.29. The van der Waals surface area contributed by atoms with Gasteiger partial charge in [0.05, 0.1) is 5.54 Å². The van der Waals surface area contributed by atoms with E-state index in [0.717, 1.165) is 5.56 Å². The van der Waals surface area contributed by atoms with Crippen LogP contribution in [0.25, 0.3) is 0 Å². The van der Waals surface area contributed by atoms with Crippen LogP contribution in [0.1, 0.15) is 37.8 Å². The number of benzene rings is 1. The number of carbonyl (C=O) groups is 2. The molecule has 0 radical (unpaired) electrons. The fourth-order valence-corrected chi connectivity index (χ4v) is 2.79. The van der Waals surface area contributed by atoms with Gasteiger partial charge in [0.2, 0.25) is 11.8 Å². The van der Waals surface area contributed by atoms with Gasteiger partial charge in [0.25, 0.3) is 0 Å². The highest BCUT2D eigenvalue weighted by Crippen LogP contribution is 2.19. The topological polar surface area (TPSA) is 75.4 Å². The van der Waals surface area contributed by atoms with Crippen LogP contribution in [0.15, 0.2) is 24.3 Å². The van der Waals surface area contributed by atoms with Crippen molar-refractivity contribution in [2.75, 3.05) is 13.1 Å². The Balaban J connectivity index is 1.79. The third-order valence-electron chi connectivity index (χ3n) is 4.29. The Labute approximate surface area is 138 Å². The van der Waals surface area contributed by atoms with Gasteiger partial charge >= 0.3 is 0 Å². The van der Waals surface area contributed by atoms with Crippen LogP contribution in [-0.2, 0) is 16.1 Å². The van der Waals surface area contributed by atoms with Crippen LogP contribution < -0.4 is 11.1 Å². The van der Waals surface area contributed by atoms with Crippen molar-refractivity contribution < 1.29 is 9.59 Å². The molecule has 0 unspecified atom stereocenters. The molecule has 0 saturated carbocycles. The lowest BCUT2D eigenvalue weighted by atomic mass is 9.94. The quantitative estimate of drug-likeness (QED) is 0.885. The molecule has 126 valence electrons. The zero-order chi connectivity index (χ0) is 17.0. The lowest BCUT2D eigenvalue weighted by molar-refractivity contribution is -0.139. The Morgan fingerprint density at radius 1 is 1.22 bits per heavy atom. The highest BCUT2D eigenvalue weighted by molar-refractivity contribution is 5.85. The molecular weight excluding hydrogens is 290 g/mol. The average Bonchev–Trinajstić information content (AvgIpc) is 2.52. The van der Waals surface area contributed by atoms with E-state index in [1.54, 1.807) is 18.7 Å².